The lowest BCUT2D eigenvalue weighted by molar-refractivity contribution is 0.0690. The number of hydrogen-bond acceptors (Lipinski definition) is 8. The molecule has 13 heteroatoms. The third-order valence-corrected chi connectivity index (χ3v) is 8.39. The molecule has 1 aliphatic carbocycles. The van der Waals surface area contributed by atoms with Gasteiger partial charge in [-0.2, -0.15) is 8.42 Å². The number of carboxylic acid groups (broad SMARTS) is 1. The van der Waals surface area contributed by atoms with Gasteiger partial charge in [-0.1, -0.05) is 35.8 Å². The standard InChI is InChI=1S/C21H21N5O6S2/c1-12-6-7-15(14(8-12)18(27)13-4-2-3-5-13)24-20(30)25-21-22-9-17(33-21)34(31,32)26-10-16(19(28)29)23-11-26/h6-11,13H,2-5H2,1H3,(H,28,29)(H2,22,24,25,30). The maximum absolute atomic E-state index is 13.0. The first kappa shape index (κ1) is 23.6. The molecule has 1 fully saturated rings. The van der Waals surface area contributed by atoms with Crippen molar-refractivity contribution in [1.82, 2.24) is 13.9 Å². The van der Waals surface area contributed by atoms with Crippen LogP contribution in [0.1, 0.15) is 52.1 Å². The Morgan fingerprint density at radius 3 is 2.56 bits per heavy atom. The Morgan fingerprint density at radius 1 is 1.15 bits per heavy atom. The van der Waals surface area contributed by atoms with E-state index in [1.54, 1.807) is 18.2 Å². The third kappa shape index (κ3) is 4.84. The first-order chi connectivity index (χ1) is 16.1. The number of carboxylic acids is 1. The van der Waals surface area contributed by atoms with Crippen LogP contribution >= 0.6 is 11.3 Å². The summed E-state index contributed by atoms with van der Waals surface area (Å²) in [6, 6.07) is 4.51. The Morgan fingerprint density at radius 2 is 1.88 bits per heavy atom. The van der Waals surface area contributed by atoms with E-state index in [0.29, 0.717) is 26.6 Å². The van der Waals surface area contributed by atoms with E-state index in [9.17, 15) is 22.8 Å². The highest BCUT2D eigenvalue weighted by atomic mass is 32.2. The highest BCUT2D eigenvalue weighted by molar-refractivity contribution is 7.92. The van der Waals surface area contributed by atoms with E-state index in [2.05, 4.69) is 20.6 Å². The molecule has 0 aliphatic heterocycles. The Hall–Kier alpha value is -3.58. The van der Waals surface area contributed by atoms with Crippen molar-refractivity contribution >= 4 is 50.0 Å². The summed E-state index contributed by atoms with van der Waals surface area (Å²) in [5, 5.41) is 14.1. The van der Waals surface area contributed by atoms with Crippen LogP contribution in [0.5, 0.6) is 0 Å². The first-order valence-corrected chi connectivity index (χ1v) is 12.6. The number of imidazole rings is 1. The fourth-order valence-electron chi connectivity index (χ4n) is 3.72. The number of ketones is 1. The van der Waals surface area contributed by atoms with Gasteiger partial charge in [0.15, 0.2) is 20.8 Å². The molecular weight excluding hydrogens is 482 g/mol. The van der Waals surface area contributed by atoms with E-state index in [4.69, 9.17) is 5.11 Å². The van der Waals surface area contributed by atoms with E-state index in [1.165, 1.54) is 0 Å². The summed E-state index contributed by atoms with van der Waals surface area (Å²) in [6.45, 7) is 1.87. The molecule has 2 aromatic heterocycles. The van der Waals surface area contributed by atoms with Gasteiger partial charge in [0.05, 0.1) is 18.1 Å². The van der Waals surface area contributed by atoms with Crippen molar-refractivity contribution in [2.75, 3.05) is 10.6 Å². The minimum atomic E-state index is -4.13. The molecule has 1 saturated carbocycles. The van der Waals surface area contributed by atoms with Crippen molar-refractivity contribution in [3.8, 4) is 0 Å². The van der Waals surface area contributed by atoms with Crippen molar-refractivity contribution in [3.63, 3.8) is 0 Å². The summed E-state index contributed by atoms with van der Waals surface area (Å²) < 4.78 is 25.8. The second-order valence-electron chi connectivity index (χ2n) is 7.86. The van der Waals surface area contributed by atoms with Crippen LogP contribution in [0, 0.1) is 12.8 Å². The average Bonchev–Trinajstić information content (AvgIpc) is 3.55. The van der Waals surface area contributed by atoms with Crippen LogP contribution < -0.4 is 10.6 Å². The molecule has 2 heterocycles. The average molecular weight is 504 g/mol. The summed E-state index contributed by atoms with van der Waals surface area (Å²) in [5.74, 6) is -1.42. The molecule has 4 rings (SSSR count). The summed E-state index contributed by atoms with van der Waals surface area (Å²) in [5.41, 5.74) is 1.28. The van der Waals surface area contributed by atoms with Crippen molar-refractivity contribution in [3.05, 3.63) is 53.7 Å². The van der Waals surface area contributed by atoms with E-state index in [1.807, 2.05) is 6.92 Å². The summed E-state index contributed by atoms with van der Waals surface area (Å²) >= 11 is 0.691. The van der Waals surface area contributed by atoms with Gasteiger partial charge in [0, 0.05) is 11.5 Å². The zero-order chi connectivity index (χ0) is 24.5. The molecule has 0 atom stereocenters. The number of aromatic nitrogens is 3. The van der Waals surface area contributed by atoms with Crippen LogP contribution in [-0.2, 0) is 10.0 Å². The van der Waals surface area contributed by atoms with Crippen LogP contribution in [0.4, 0.5) is 15.6 Å². The molecule has 3 N–H and O–H groups in total. The highest BCUT2D eigenvalue weighted by Gasteiger charge is 2.27. The molecule has 1 aromatic carbocycles. The highest BCUT2D eigenvalue weighted by Crippen LogP contribution is 2.31. The predicted molar refractivity (Wildman–Crippen MR) is 124 cm³/mol. The number of aryl methyl sites for hydroxylation is 1. The zero-order valence-electron chi connectivity index (χ0n) is 18.0. The number of hydrogen-bond donors (Lipinski definition) is 3. The number of nitrogens with one attached hydrogen (secondary N) is 2. The first-order valence-electron chi connectivity index (χ1n) is 10.4. The van der Waals surface area contributed by atoms with Crippen LogP contribution in [0.3, 0.4) is 0 Å². The minimum absolute atomic E-state index is 0.000176. The van der Waals surface area contributed by atoms with Gasteiger partial charge in [-0.25, -0.2) is 23.5 Å². The van der Waals surface area contributed by atoms with Crippen LogP contribution in [0.2, 0.25) is 0 Å². The van der Waals surface area contributed by atoms with E-state index in [0.717, 1.165) is 50.0 Å². The Kier molecular flexibility index (Phi) is 6.48. The Labute approximate surface area is 198 Å². The number of benzene rings is 1. The molecule has 3 aromatic rings. The Balaban J connectivity index is 1.48. The van der Waals surface area contributed by atoms with Crippen molar-refractivity contribution in [2.45, 2.75) is 36.8 Å². The van der Waals surface area contributed by atoms with Crippen molar-refractivity contribution in [1.29, 1.82) is 0 Å². The normalized spacial score (nSPS) is 14.1. The third-order valence-electron chi connectivity index (χ3n) is 5.43. The Bertz CT molecular complexity index is 1370. The molecule has 1 aliphatic rings. The van der Waals surface area contributed by atoms with E-state index < -0.39 is 27.7 Å². The maximum Gasteiger partial charge on any atom is 0.356 e. The van der Waals surface area contributed by atoms with Crippen LogP contribution in [0.25, 0.3) is 0 Å². The lowest BCUT2D eigenvalue weighted by atomic mass is 9.94. The molecule has 11 nitrogen and oxygen atoms in total. The van der Waals surface area contributed by atoms with Gasteiger partial charge in [0.25, 0.3) is 10.0 Å². The van der Waals surface area contributed by atoms with Crippen LogP contribution in [0.15, 0.2) is 41.1 Å². The molecule has 0 unspecified atom stereocenters. The van der Waals surface area contributed by atoms with Crippen molar-refractivity contribution in [2.24, 2.45) is 5.92 Å². The topological polar surface area (TPSA) is 160 Å². The van der Waals surface area contributed by atoms with Gasteiger partial charge in [-0.05, 0) is 31.9 Å². The molecule has 34 heavy (non-hydrogen) atoms. The molecular formula is C21H21N5O6S2. The number of Topliss-reactive ketones (excluding diaryl/α,β-unsaturated/α-hetero) is 1. The number of carbonyl (C=O) groups is 3. The number of amides is 2. The molecule has 0 bridgehead atoms. The molecule has 0 spiro atoms. The fraction of sp³-hybridized carbons (Fsp3) is 0.286. The number of thiazole rings is 1. The zero-order valence-corrected chi connectivity index (χ0v) is 19.6. The SMILES string of the molecule is Cc1ccc(NC(=O)Nc2ncc(S(=O)(=O)n3cnc(C(=O)O)c3)s2)c(C(=O)C2CCCC2)c1. The summed E-state index contributed by atoms with van der Waals surface area (Å²) in [4.78, 5) is 43.9. The smallest absolute Gasteiger partial charge is 0.356 e. The number of urea groups is 1. The molecule has 2 amide bonds. The molecule has 0 saturated heterocycles. The van der Waals surface area contributed by atoms with Gasteiger partial charge in [-0.15, -0.1) is 0 Å². The number of rotatable bonds is 7. The summed E-state index contributed by atoms with van der Waals surface area (Å²) in [6.07, 6.45) is 6.49. The number of aromatic carboxylic acids is 1. The van der Waals surface area contributed by atoms with Gasteiger partial charge in [0.1, 0.15) is 6.33 Å². The molecule has 0 radical (unpaired) electrons. The number of nitrogens with zero attached hydrogens (tertiary/aromatic N) is 3. The second-order valence-corrected chi connectivity index (χ2v) is 11.0. The number of anilines is 2. The molecule has 178 valence electrons. The quantitative estimate of drug-likeness (QED) is 0.412. The lowest BCUT2D eigenvalue weighted by Crippen LogP contribution is -2.22. The second kappa shape index (κ2) is 9.35. The van der Waals surface area contributed by atoms with Gasteiger partial charge in [0.2, 0.25) is 0 Å². The van der Waals surface area contributed by atoms with Crippen molar-refractivity contribution < 1.29 is 27.9 Å². The minimum Gasteiger partial charge on any atom is -0.476 e. The largest absolute Gasteiger partial charge is 0.476 e. The van der Waals surface area contributed by atoms with Gasteiger partial charge in [-0.3, -0.25) is 10.1 Å². The fourth-order valence-corrected chi connectivity index (χ4v) is 5.98. The van der Waals surface area contributed by atoms with Crippen LogP contribution in [-0.4, -0.2) is 45.2 Å². The maximum atomic E-state index is 13.0. The van der Waals surface area contributed by atoms with E-state index >= 15 is 0 Å². The summed E-state index contributed by atoms with van der Waals surface area (Å²) in [7, 11) is -4.13. The van der Waals surface area contributed by atoms with Gasteiger partial charge < -0.3 is 10.4 Å². The lowest BCUT2D eigenvalue weighted by Gasteiger charge is -2.14. The predicted octanol–water partition coefficient (Wildman–Crippen LogP) is 3.60. The monoisotopic (exact) mass is 503 g/mol. The number of carbonyl (C=O) groups excluding carboxylic acids is 2. The van der Waals surface area contributed by atoms with E-state index in [-0.39, 0.29) is 21.0 Å². The van der Waals surface area contributed by atoms with Gasteiger partial charge >= 0.3 is 12.0 Å².